The summed E-state index contributed by atoms with van der Waals surface area (Å²) in [6.45, 7) is 6.12. The van der Waals surface area contributed by atoms with Gasteiger partial charge in [0.25, 0.3) is 6.01 Å². The minimum absolute atomic E-state index is 0.163. The summed E-state index contributed by atoms with van der Waals surface area (Å²) >= 11 is 0. The summed E-state index contributed by atoms with van der Waals surface area (Å²) in [7, 11) is -3.91. The van der Waals surface area contributed by atoms with Gasteiger partial charge in [0.2, 0.25) is 21.8 Å². The number of amides is 2. The molecule has 2 aliphatic carbocycles. The van der Waals surface area contributed by atoms with Crippen LogP contribution in [0.1, 0.15) is 89.2 Å². The van der Waals surface area contributed by atoms with Crippen LogP contribution in [-0.4, -0.2) is 63.9 Å². The molecule has 278 valence electrons. The molecular weight excluding hydrogens is 684 g/mol. The monoisotopic (exact) mass is 732 g/mol. The van der Waals surface area contributed by atoms with E-state index in [1.54, 1.807) is 30.9 Å². The minimum Gasteiger partial charge on any atom is -0.459 e. The number of carbonyl (C=O) groups is 3. The van der Waals surface area contributed by atoms with Crippen LogP contribution in [0, 0.1) is 30.0 Å². The van der Waals surface area contributed by atoms with Crippen LogP contribution in [0.15, 0.2) is 54.6 Å². The number of nitrogens with one attached hydrogen (secondary N) is 1. The number of hydrogen-bond donors (Lipinski definition) is 1. The zero-order chi connectivity index (χ0) is 36.8. The zero-order valence-electron chi connectivity index (χ0n) is 30.3. The average molecular weight is 733 g/mol. The number of aromatic nitrogens is 2. The van der Waals surface area contributed by atoms with Crippen molar-refractivity contribution in [2.45, 2.75) is 115 Å². The van der Waals surface area contributed by atoms with E-state index < -0.39 is 44.2 Å². The van der Waals surface area contributed by atoms with Crippen LogP contribution in [0.3, 0.4) is 0 Å². The number of aryl methyl sites for hydroxylation is 2. The second-order valence-corrected chi connectivity index (χ2v) is 17.9. The normalized spacial score (nSPS) is 28.3. The highest BCUT2D eigenvalue weighted by molar-refractivity contribution is 7.91. The molecule has 2 aromatic carbocycles. The number of imidazole rings is 1. The van der Waals surface area contributed by atoms with Gasteiger partial charge < -0.3 is 9.64 Å². The van der Waals surface area contributed by atoms with Gasteiger partial charge in [-0.2, -0.15) is 4.98 Å². The Morgan fingerprint density at radius 3 is 2.65 bits per heavy atom. The number of halogens is 1. The lowest BCUT2D eigenvalue weighted by atomic mass is 9.89. The van der Waals surface area contributed by atoms with E-state index in [0.29, 0.717) is 50.2 Å². The van der Waals surface area contributed by atoms with Gasteiger partial charge in [-0.15, -0.1) is 0 Å². The minimum atomic E-state index is -3.91. The summed E-state index contributed by atoms with van der Waals surface area (Å²) < 4.78 is 50.4. The van der Waals surface area contributed by atoms with Crippen LogP contribution in [-0.2, 0) is 37.4 Å². The highest BCUT2D eigenvalue weighted by Gasteiger charge is 2.62. The Morgan fingerprint density at radius 1 is 1.12 bits per heavy atom. The molecule has 7 rings (SSSR count). The molecule has 0 spiro atoms. The fraction of sp³-hybridized carbons (Fsp3) is 0.550. The Kier molecular flexibility index (Phi) is 9.82. The number of Topliss-reactive ketones (excluding diaryl/α,β-unsaturated/α-hetero) is 1. The largest absolute Gasteiger partial charge is 0.459 e. The maximum Gasteiger partial charge on any atom is 0.297 e. The first-order valence-electron chi connectivity index (χ1n) is 18.8. The van der Waals surface area contributed by atoms with Gasteiger partial charge in [-0.3, -0.25) is 23.7 Å². The Bertz CT molecular complexity index is 2020. The lowest BCUT2D eigenvalue weighted by Gasteiger charge is -2.29. The lowest BCUT2D eigenvalue weighted by Crippen LogP contribution is -2.47. The maximum atomic E-state index is 14.7. The molecule has 2 amide bonds. The third-order valence-electron chi connectivity index (χ3n) is 11.9. The van der Waals surface area contributed by atoms with Crippen molar-refractivity contribution < 1.29 is 31.9 Å². The molecule has 3 fully saturated rings. The fourth-order valence-corrected chi connectivity index (χ4v) is 9.47. The number of nitrogens with zero attached hydrogens (tertiary/aromatic N) is 3. The highest BCUT2D eigenvalue weighted by Crippen LogP contribution is 2.57. The molecule has 2 saturated carbocycles. The SMILES string of the molecule is CCn1c(O[C@@H]2C[C@H]3C(=O)C[C@]4(C(=O)NS(=O)(=O)C5(C)CC5)C[C@@H]4/C=C\CCCCC[C@H](Cc4ccc(F)c(C)c4)C(=O)N3C2)nc2ccccc21. The van der Waals surface area contributed by atoms with E-state index in [4.69, 9.17) is 9.72 Å². The number of fused-ring (bicyclic) bond motifs is 3. The number of rotatable bonds is 8. The number of hydrogen-bond acceptors (Lipinski definition) is 7. The van der Waals surface area contributed by atoms with Crippen LogP contribution >= 0.6 is 0 Å². The van der Waals surface area contributed by atoms with Crippen molar-refractivity contribution in [3.05, 3.63) is 71.6 Å². The topological polar surface area (TPSA) is 128 Å². The van der Waals surface area contributed by atoms with E-state index in [1.807, 2.05) is 47.9 Å². The van der Waals surface area contributed by atoms with Crippen molar-refractivity contribution in [1.82, 2.24) is 19.2 Å². The Labute approximate surface area is 305 Å². The molecule has 1 aromatic heterocycles. The highest BCUT2D eigenvalue weighted by atomic mass is 32.2. The number of para-hydroxylation sites is 2. The van der Waals surface area contributed by atoms with Crippen LogP contribution in [0.2, 0.25) is 0 Å². The second kappa shape index (κ2) is 14.1. The predicted octanol–water partition coefficient (Wildman–Crippen LogP) is 6.20. The van der Waals surface area contributed by atoms with Gasteiger partial charge in [0.15, 0.2) is 5.78 Å². The Hall–Kier alpha value is -4.06. The van der Waals surface area contributed by atoms with Gasteiger partial charge in [0, 0.05) is 25.3 Å². The summed E-state index contributed by atoms with van der Waals surface area (Å²) in [6, 6.07) is 12.2. The molecule has 12 heteroatoms. The molecule has 10 nitrogen and oxygen atoms in total. The van der Waals surface area contributed by atoms with Crippen molar-refractivity contribution in [3.8, 4) is 6.01 Å². The smallest absolute Gasteiger partial charge is 0.297 e. The molecule has 0 bridgehead atoms. The summed E-state index contributed by atoms with van der Waals surface area (Å²) in [5.74, 6) is -2.12. The molecule has 2 aliphatic heterocycles. The molecule has 52 heavy (non-hydrogen) atoms. The standard InChI is InChI=1S/C40H49FN4O6S/c1-4-44-33-15-11-10-14-32(33)42-38(44)51-30-22-34-35(46)24-40(37(48)43-52(49,50)39(3)18-19-39)23-29(40)13-9-7-5-6-8-12-28(36(47)45(34)25-30)21-27-16-17-31(41)26(2)20-27/h9-11,13-17,20,28-30,34H,4-8,12,18-19,21-25H2,1-3H3,(H,43,48)/b13-9-/t28-,29+,30-,34+,40-/m1/s1. The van der Waals surface area contributed by atoms with E-state index in [-0.39, 0.29) is 42.8 Å². The van der Waals surface area contributed by atoms with Gasteiger partial charge in [0.05, 0.1) is 33.8 Å². The molecule has 3 aromatic rings. The number of ketones is 1. The van der Waals surface area contributed by atoms with Crippen LogP contribution < -0.4 is 9.46 Å². The van der Waals surface area contributed by atoms with Crippen molar-refractivity contribution in [2.24, 2.45) is 17.3 Å². The number of carbonyl (C=O) groups excluding carboxylic acids is 3. The van der Waals surface area contributed by atoms with E-state index >= 15 is 0 Å². The number of ether oxygens (including phenoxy) is 1. The maximum absolute atomic E-state index is 14.7. The lowest BCUT2D eigenvalue weighted by molar-refractivity contribution is -0.142. The molecule has 1 saturated heterocycles. The third kappa shape index (κ3) is 7.02. The zero-order valence-corrected chi connectivity index (χ0v) is 31.1. The summed E-state index contributed by atoms with van der Waals surface area (Å²) in [5, 5.41) is 0. The average Bonchev–Trinajstić information content (AvgIpc) is 3.94. The predicted molar refractivity (Wildman–Crippen MR) is 195 cm³/mol. The van der Waals surface area contributed by atoms with E-state index in [0.717, 1.165) is 42.3 Å². The van der Waals surface area contributed by atoms with Gasteiger partial charge in [-0.05, 0) is 101 Å². The molecule has 1 N–H and O–H groups in total. The van der Waals surface area contributed by atoms with E-state index in [2.05, 4.69) is 4.72 Å². The van der Waals surface area contributed by atoms with Gasteiger partial charge in [-0.25, -0.2) is 12.8 Å². The molecule has 4 aliphatic rings. The van der Waals surface area contributed by atoms with Gasteiger partial charge in [-0.1, -0.05) is 49.3 Å². The summed E-state index contributed by atoms with van der Waals surface area (Å²) in [6.07, 6.45) is 9.22. The summed E-state index contributed by atoms with van der Waals surface area (Å²) in [4.78, 5) is 49.5. The second-order valence-electron chi connectivity index (χ2n) is 15.7. The third-order valence-corrected chi connectivity index (χ3v) is 14.0. The first-order valence-corrected chi connectivity index (χ1v) is 20.3. The van der Waals surface area contributed by atoms with E-state index in [1.165, 1.54) is 6.07 Å². The van der Waals surface area contributed by atoms with Crippen molar-refractivity contribution in [1.29, 1.82) is 0 Å². The molecular formula is C40H49FN4O6S. The van der Waals surface area contributed by atoms with Crippen LogP contribution in [0.5, 0.6) is 6.01 Å². The number of allylic oxidation sites excluding steroid dienone is 2. The Balaban J connectivity index is 1.21. The van der Waals surface area contributed by atoms with Gasteiger partial charge >= 0.3 is 0 Å². The van der Waals surface area contributed by atoms with Crippen molar-refractivity contribution in [3.63, 3.8) is 0 Å². The van der Waals surface area contributed by atoms with Crippen LogP contribution in [0.25, 0.3) is 11.0 Å². The fourth-order valence-electron chi connectivity index (χ4n) is 8.14. The number of sulfonamides is 1. The first kappa shape index (κ1) is 36.3. The summed E-state index contributed by atoms with van der Waals surface area (Å²) in [5.41, 5.74) is 1.86. The van der Waals surface area contributed by atoms with Crippen LogP contribution in [0.4, 0.5) is 4.39 Å². The molecule has 3 heterocycles. The van der Waals surface area contributed by atoms with Crippen molar-refractivity contribution in [2.75, 3.05) is 6.54 Å². The molecule has 5 atom stereocenters. The molecule has 0 unspecified atom stereocenters. The quantitative estimate of drug-likeness (QED) is 0.274. The first-order chi connectivity index (χ1) is 24.8. The van der Waals surface area contributed by atoms with Crippen molar-refractivity contribution >= 4 is 38.7 Å². The van der Waals surface area contributed by atoms with E-state index in [9.17, 15) is 27.2 Å². The molecule has 0 radical (unpaired) electrons. The Morgan fingerprint density at radius 2 is 1.90 bits per heavy atom. The van der Waals surface area contributed by atoms with Gasteiger partial charge in [0.1, 0.15) is 11.9 Å². The number of benzene rings is 2.